The lowest BCUT2D eigenvalue weighted by atomic mass is 10.0. The largest absolute Gasteiger partial charge is 0.355 e. The fraction of sp³-hybridized carbons (Fsp3) is 0.154. The molecule has 1 aliphatic rings. The lowest BCUT2D eigenvalue weighted by Gasteiger charge is -2.20. The van der Waals surface area contributed by atoms with E-state index in [9.17, 15) is 19.6 Å². The second-order valence-electron chi connectivity index (χ2n) is 8.34. The average molecular weight is 495 g/mol. The van der Waals surface area contributed by atoms with Crippen LogP contribution in [0.4, 0.5) is 16.3 Å². The van der Waals surface area contributed by atoms with Crippen molar-refractivity contribution < 1.29 is 9.59 Å². The number of nitrogens with zero attached hydrogens (tertiary/aromatic N) is 7. The summed E-state index contributed by atoms with van der Waals surface area (Å²) in [5.74, 6) is 0.0217. The van der Waals surface area contributed by atoms with Gasteiger partial charge in [-0.05, 0) is 42.0 Å². The number of amides is 3. The van der Waals surface area contributed by atoms with Crippen molar-refractivity contribution in [3.8, 4) is 22.9 Å². The number of carbonyl (C=O) groups excluding carboxylic acids is 2. The van der Waals surface area contributed by atoms with E-state index in [-0.39, 0.29) is 29.0 Å². The standard InChI is InChI=1S/C26H22N8O3/c1-28-24(35)18-4-3-5-20(14-18)32-12-13-33(26(32)37)23-22(15-27)21(10-11-29-23)17-6-8-19(9-7-17)34-16-30-31(2)25(34)36/h3-11,14,16H,12-13H2,1-2H3,(H,28,35). The summed E-state index contributed by atoms with van der Waals surface area (Å²) >= 11 is 0. The highest BCUT2D eigenvalue weighted by molar-refractivity contribution is 6.07. The number of rotatable bonds is 5. The Hall–Kier alpha value is -5.24. The third-order valence-electron chi connectivity index (χ3n) is 6.23. The van der Waals surface area contributed by atoms with Gasteiger partial charge in [0.2, 0.25) is 0 Å². The highest BCUT2D eigenvalue weighted by atomic mass is 16.2. The monoisotopic (exact) mass is 494 g/mol. The van der Waals surface area contributed by atoms with Gasteiger partial charge in [-0.15, -0.1) is 0 Å². The number of pyridine rings is 1. The quantitative estimate of drug-likeness (QED) is 0.453. The van der Waals surface area contributed by atoms with Crippen LogP contribution in [0.2, 0.25) is 0 Å². The molecule has 11 nitrogen and oxygen atoms in total. The number of aryl methyl sites for hydroxylation is 1. The van der Waals surface area contributed by atoms with Crippen molar-refractivity contribution >= 4 is 23.4 Å². The van der Waals surface area contributed by atoms with E-state index in [0.29, 0.717) is 35.6 Å². The molecule has 4 aromatic rings. The van der Waals surface area contributed by atoms with Crippen molar-refractivity contribution in [2.45, 2.75) is 0 Å². The van der Waals surface area contributed by atoms with Crippen molar-refractivity contribution in [3.63, 3.8) is 0 Å². The highest BCUT2D eigenvalue weighted by Gasteiger charge is 2.33. The van der Waals surface area contributed by atoms with Crippen molar-refractivity contribution in [1.29, 1.82) is 5.26 Å². The SMILES string of the molecule is CNC(=O)c1cccc(N2CCN(c3nccc(-c4ccc(-n5cnn(C)c5=O)cc4)c3C#N)C2=O)c1. The van der Waals surface area contributed by atoms with Crippen LogP contribution in [-0.2, 0) is 7.05 Å². The summed E-state index contributed by atoms with van der Waals surface area (Å²) in [6.07, 6.45) is 3.00. The van der Waals surface area contributed by atoms with E-state index in [1.807, 2.05) is 0 Å². The first-order valence-electron chi connectivity index (χ1n) is 11.4. The Bertz CT molecular complexity index is 1610. The number of hydrogen-bond donors (Lipinski definition) is 1. The number of urea groups is 1. The summed E-state index contributed by atoms with van der Waals surface area (Å²) in [7, 11) is 3.12. The van der Waals surface area contributed by atoms with Crippen molar-refractivity contribution in [2.75, 3.05) is 29.9 Å². The van der Waals surface area contributed by atoms with Gasteiger partial charge in [-0.3, -0.25) is 14.6 Å². The van der Waals surface area contributed by atoms with E-state index in [1.165, 1.54) is 20.5 Å². The average Bonchev–Trinajstić information content (AvgIpc) is 3.49. The Morgan fingerprint density at radius 3 is 2.46 bits per heavy atom. The summed E-state index contributed by atoms with van der Waals surface area (Å²) in [6.45, 7) is 0.707. The fourth-order valence-corrected chi connectivity index (χ4v) is 4.30. The van der Waals surface area contributed by atoms with Crippen molar-refractivity contribution in [2.24, 2.45) is 7.05 Å². The number of nitriles is 1. The normalized spacial score (nSPS) is 13.1. The molecular weight excluding hydrogens is 472 g/mol. The molecule has 2 aromatic heterocycles. The number of hydrogen-bond acceptors (Lipinski definition) is 6. The lowest BCUT2D eigenvalue weighted by molar-refractivity contribution is 0.0963. The molecule has 0 spiro atoms. The Labute approximate surface area is 211 Å². The van der Waals surface area contributed by atoms with Gasteiger partial charge in [0.25, 0.3) is 5.91 Å². The van der Waals surface area contributed by atoms with Crippen LogP contribution in [-0.4, -0.2) is 51.4 Å². The molecule has 11 heteroatoms. The smallest absolute Gasteiger partial charge is 0.350 e. The minimum atomic E-state index is -0.332. The molecule has 0 saturated carbocycles. The number of benzene rings is 2. The summed E-state index contributed by atoms with van der Waals surface area (Å²) in [5.41, 5.74) is 3.02. The Balaban J connectivity index is 1.46. The van der Waals surface area contributed by atoms with E-state index < -0.39 is 0 Å². The molecule has 0 atom stereocenters. The molecular formula is C26H22N8O3. The van der Waals surface area contributed by atoms with Crippen LogP contribution >= 0.6 is 0 Å². The molecule has 0 aliphatic carbocycles. The lowest BCUT2D eigenvalue weighted by Crippen LogP contribution is -2.33. The third kappa shape index (κ3) is 4.10. The van der Waals surface area contributed by atoms with Gasteiger partial charge in [0.15, 0.2) is 5.82 Å². The van der Waals surface area contributed by atoms with Crippen molar-refractivity contribution in [3.05, 3.63) is 88.7 Å². The van der Waals surface area contributed by atoms with Gasteiger partial charge in [-0.2, -0.15) is 10.4 Å². The summed E-state index contributed by atoms with van der Waals surface area (Å²) in [6, 6.07) is 17.6. The van der Waals surface area contributed by atoms with Crippen LogP contribution in [0.15, 0.2) is 71.9 Å². The van der Waals surface area contributed by atoms with Gasteiger partial charge in [0.05, 0.1) is 5.69 Å². The molecule has 1 N–H and O–H groups in total. The molecule has 3 heterocycles. The van der Waals surface area contributed by atoms with Gasteiger partial charge in [0, 0.05) is 50.2 Å². The van der Waals surface area contributed by atoms with Gasteiger partial charge >= 0.3 is 11.7 Å². The van der Waals surface area contributed by atoms with Gasteiger partial charge < -0.3 is 5.32 Å². The highest BCUT2D eigenvalue weighted by Crippen LogP contribution is 2.32. The number of carbonyl (C=O) groups is 2. The summed E-state index contributed by atoms with van der Waals surface area (Å²) in [4.78, 5) is 45.0. The van der Waals surface area contributed by atoms with Gasteiger partial charge in [0.1, 0.15) is 18.0 Å². The summed E-state index contributed by atoms with van der Waals surface area (Å²) in [5, 5.41) is 16.6. The molecule has 1 aliphatic heterocycles. The van der Waals surface area contributed by atoms with E-state index in [2.05, 4.69) is 21.5 Å². The Morgan fingerprint density at radius 1 is 1.03 bits per heavy atom. The van der Waals surface area contributed by atoms with Crippen LogP contribution in [0.25, 0.3) is 16.8 Å². The summed E-state index contributed by atoms with van der Waals surface area (Å²) < 4.78 is 2.66. The zero-order valence-corrected chi connectivity index (χ0v) is 20.1. The van der Waals surface area contributed by atoms with E-state index in [4.69, 9.17) is 0 Å². The first-order chi connectivity index (χ1) is 17.9. The molecule has 1 fully saturated rings. The topological polar surface area (TPSA) is 129 Å². The number of anilines is 2. The first kappa shape index (κ1) is 23.5. The molecule has 37 heavy (non-hydrogen) atoms. The molecule has 0 bridgehead atoms. The second-order valence-corrected chi connectivity index (χ2v) is 8.34. The molecule has 184 valence electrons. The molecule has 2 aromatic carbocycles. The Kier molecular flexibility index (Phi) is 5.99. The predicted molar refractivity (Wildman–Crippen MR) is 137 cm³/mol. The molecule has 5 rings (SSSR count). The van der Waals surface area contributed by atoms with Gasteiger partial charge in [-0.25, -0.2) is 23.8 Å². The number of aromatic nitrogens is 4. The zero-order valence-electron chi connectivity index (χ0n) is 20.1. The van der Waals surface area contributed by atoms with E-state index in [1.54, 1.807) is 79.8 Å². The van der Waals surface area contributed by atoms with Crippen molar-refractivity contribution in [1.82, 2.24) is 24.6 Å². The van der Waals surface area contributed by atoms with Crippen LogP contribution < -0.4 is 20.8 Å². The van der Waals surface area contributed by atoms with Crippen LogP contribution in [0.1, 0.15) is 15.9 Å². The molecule has 0 radical (unpaired) electrons. The second kappa shape index (κ2) is 9.43. The number of nitrogens with one attached hydrogen (secondary N) is 1. The molecule has 3 amide bonds. The Morgan fingerprint density at radius 2 is 1.78 bits per heavy atom. The van der Waals surface area contributed by atoms with Crippen LogP contribution in [0.5, 0.6) is 0 Å². The minimum Gasteiger partial charge on any atom is -0.355 e. The minimum absolute atomic E-state index is 0.245. The predicted octanol–water partition coefficient (Wildman–Crippen LogP) is 2.31. The molecule has 1 saturated heterocycles. The maximum absolute atomic E-state index is 13.4. The van der Waals surface area contributed by atoms with Crippen LogP contribution in [0.3, 0.4) is 0 Å². The third-order valence-corrected chi connectivity index (χ3v) is 6.23. The zero-order chi connectivity index (χ0) is 26.1. The first-order valence-corrected chi connectivity index (χ1v) is 11.4. The maximum Gasteiger partial charge on any atom is 0.350 e. The molecule has 0 unspecified atom stereocenters. The fourth-order valence-electron chi connectivity index (χ4n) is 4.30. The van der Waals surface area contributed by atoms with E-state index >= 15 is 0 Å². The van der Waals surface area contributed by atoms with Gasteiger partial charge in [-0.1, -0.05) is 18.2 Å². The van der Waals surface area contributed by atoms with Crippen LogP contribution in [0, 0.1) is 11.3 Å². The van der Waals surface area contributed by atoms with E-state index in [0.717, 1.165) is 5.56 Å². The maximum atomic E-state index is 13.4.